The molecule has 0 spiro atoms. The number of hydrogen-bond acceptors (Lipinski definition) is 2. The molecule has 2 fully saturated rings. The van der Waals surface area contributed by atoms with E-state index >= 15 is 0 Å². The van der Waals surface area contributed by atoms with Crippen LogP contribution in [0.3, 0.4) is 0 Å². The highest BCUT2D eigenvalue weighted by Gasteiger charge is 2.38. The minimum atomic E-state index is 0.585. The molecule has 15 heavy (non-hydrogen) atoms. The van der Waals surface area contributed by atoms with Gasteiger partial charge in [-0.15, -0.1) is 0 Å². The van der Waals surface area contributed by atoms with Crippen molar-refractivity contribution in [1.29, 1.82) is 0 Å². The van der Waals surface area contributed by atoms with Crippen LogP contribution in [-0.2, 0) is 0 Å². The van der Waals surface area contributed by atoms with Crippen LogP contribution in [0.25, 0.3) is 0 Å². The third-order valence-electron chi connectivity index (χ3n) is 4.54. The largest absolute Gasteiger partial charge is 0.300 e. The van der Waals surface area contributed by atoms with Gasteiger partial charge in [-0.2, -0.15) is 12.6 Å². The van der Waals surface area contributed by atoms with Crippen LogP contribution >= 0.6 is 12.6 Å². The van der Waals surface area contributed by atoms with Gasteiger partial charge in [0.2, 0.25) is 0 Å². The number of rotatable bonds is 5. The third-order valence-corrected chi connectivity index (χ3v) is 5.21. The Morgan fingerprint density at radius 3 is 2.27 bits per heavy atom. The minimum Gasteiger partial charge on any atom is -0.300 e. The summed E-state index contributed by atoms with van der Waals surface area (Å²) < 4.78 is 0. The summed E-state index contributed by atoms with van der Waals surface area (Å²) in [6.07, 6.45) is 10.1. The Morgan fingerprint density at radius 2 is 1.87 bits per heavy atom. The van der Waals surface area contributed by atoms with Crippen LogP contribution < -0.4 is 0 Å². The van der Waals surface area contributed by atoms with Gasteiger partial charge in [0.25, 0.3) is 0 Å². The van der Waals surface area contributed by atoms with Gasteiger partial charge in [-0.1, -0.05) is 26.2 Å². The van der Waals surface area contributed by atoms with Gasteiger partial charge in [-0.3, -0.25) is 0 Å². The smallest absolute Gasteiger partial charge is 0.00953 e. The average Bonchev–Trinajstić information content (AvgIpc) is 2.71. The molecule has 0 aromatic carbocycles. The normalized spacial score (nSPS) is 25.8. The zero-order valence-corrected chi connectivity index (χ0v) is 10.9. The first-order valence-electron chi connectivity index (χ1n) is 6.64. The van der Waals surface area contributed by atoms with Gasteiger partial charge >= 0.3 is 0 Å². The van der Waals surface area contributed by atoms with E-state index in [-0.39, 0.29) is 0 Å². The fraction of sp³-hybridized carbons (Fsp3) is 1.00. The first kappa shape index (κ1) is 11.8. The summed E-state index contributed by atoms with van der Waals surface area (Å²) in [5.74, 6) is 1.09. The van der Waals surface area contributed by atoms with Gasteiger partial charge in [-0.05, 0) is 43.4 Å². The molecule has 2 heteroatoms. The highest BCUT2D eigenvalue weighted by atomic mass is 32.1. The summed E-state index contributed by atoms with van der Waals surface area (Å²) in [4.78, 5) is 2.74. The van der Waals surface area contributed by atoms with E-state index in [1.54, 1.807) is 0 Å². The summed E-state index contributed by atoms with van der Waals surface area (Å²) >= 11 is 4.56. The van der Waals surface area contributed by atoms with Crippen molar-refractivity contribution in [3.8, 4) is 0 Å². The molecule has 2 rings (SSSR count). The molecule has 0 N–H and O–H groups in total. The molecule has 0 amide bonds. The van der Waals surface area contributed by atoms with Crippen LogP contribution in [0.4, 0.5) is 0 Å². The van der Waals surface area contributed by atoms with Gasteiger partial charge in [0.05, 0.1) is 0 Å². The lowest BCUT2D eigenvalue weighted by atomic mass is 9.69. The molecule has 2 saturated carbocycles. The van der Waals surface area contributed by atoms with E-state index < -0.39 is 0 Å². The van der Waals surface area contributed by atoms with Crippen molar-refractivity contribution in [3.63, 3.8) is 0 Å². The monoisotopic (exact) mass is 227 g/mol. The van der Waals surface area contributed by atoms with Gasteiger partial charge in [0.1, 0.15) is 0 Å². The Hall–Kier alpha value is 0.310. The zero-order chi connectivity index (χ0) is 10.7. The molecule has 0 aromatic heterocycles. The maximum Gasteiger partial charge on any atom is 0.00953 e. The highest BCUT2D eigenvalue weighted by molar-refractivity contribution is 7.80. The lowest BCUT2D eigenvalue weighted by molar-refractivity contribution is 0.0687. The maximum atomic E-state index is 4.56. The molecule has 0 saturated heterocycles. The minimum absolute atomic E-state index is 0.585. The fourth-order valence-electron chi connectivity index (χ4n) is 3.24. The van der Waals surface area contributed by atoms with E-state index in [1.807, 2.05) is 0 Å². The predicted molar refractivity (Wildman–Crippen MR) is 69.6 cm³/mol. The van der Waals surface area contributed by atoms with Crippen LogP contribution in [0, 0.1) is 5.41 Å². The van der Waals surface area contributed by atoms with Crippen LogP contribution in [0.1, 0.15) is 51.9 Å². The van der Waals surface area contributed by atoms with Gasteiger partial charge < -0.3 is 4.90 Å². The van der Waals surface area contributed by atoms with E-state index in [4.69, 9.17) is 0 Å². The topological polar surface area (TPSA) is 3.24 Å². The van der Waals surface area contributed by atoms with E-state index in [0.717, 1.165) is 11.8 Å². The Labute approximate surface area is 100 Å². The van der Waals surface area contributed by atoms with Crippen molar-refractivity contribution < 1.29 is 0 Å². The molecule has 1 nitrogen and oxygen atoms in total. The second-order valence-electron chi connectivity index (χ2n) is 5.51. The Kier molecular flexibility index (Phi) is 4.00. The fourth-order valence-corrected chi connectivity index (χ4v) is 3.66. The van der Waals surface area contributed by atoms with Gasteiger partial charge in [0.15, 0.2) is 0 Å². The van der Waals surface area contributed by atoms with Crippen LogP contribution in [0.5, 0.6) is 0 Å². The standard InChI is InChI=1S/C13H25NS/c1-2-14(12-6-3-4-7-12)10-13(11-15)8-5-9-13/h12,15H,2-11H2,1H3. The first-order chi connectivity index (χ1) is 7.29. The van der Waals surface area contributed by atoms with Crippen molar-refractivity contribution in [1.82, 2.24) is 4.90 Å². The molecule has 0 aromatic rings. The molecule has 0 unspecified atom stereocenters. The molecule has 0 atom stereocenters. The van der Waals surface area contributed by atoms with Gasteiger partial charge in [-0.25, -0.2) is 0 Å². The Balaban J connectivity index is 1.89. The lowest BCUT2D eigenvalue weighted by Gasteiger charge is -2.45. The second kappa shape index (κ2) is 5.09. The second-order valence-corrected chi connectivity index (χ2v) is 5.83. The third kappa shape index (κ3) is 2.52. The van der Waals surface area contributed by atoms with Crippen LogP contribution in [0.2, 0.25) is 0 Å². The highest BCUT2D eigenvalue weighted by Crippen LogP contribution is 2.43. The van der Waals surface area contributed by atoms with E-state index in [2.05, 4.69) is 24.5 Å². The van der Waals surface area contributed by atoms with E-state index in [1.165, 1.54) is 58.0 Å². The summed E-state index contributed by atoms with van der Waals surface area (Å²) in [5, 5.41) is 0. The SMILES string of the molecule is CCN(CC1(CS)CCC1)C1CCCC1. The quantitative estimate of drug-likeness (QED) is 0.705. The van der Waals surface area contributed by atoms with Crippen LogP contribution in [-0.4, -0.2) is 29.8 Å². The Morgan fingerprint density at radius 1 is 1.20 bits per heavy atom. The first-order valence-corrected chi connectivity index (χ1v) is 7.28. The summed E-state index contributed by atoms with van der Waals surface area (Å²) in [6, 6.07) is 0.896. The predicted octanol–water partition coefficient (Wildman–Crippen LogP) is 3.35. The molecular weight excluding hydrogens is 202 g/mol. The van der Waals surface area contributed by atoms with Crippen molar-refractivity contribution in [2.75, 3.05) is 18.8 Å². The molecule has 2 aliphatic carbocycles. The van der Waals surface area contributed by atoms with Crippen molar-refractivity contribution in [2.24, 2.45) is 5.41 Å². The molecular formula is C13H25NS. The average molecular weight is 227 g/mol. The number of nitrogens with zero attached hydrogens (tertiary/aromatic N) is 1. The van der Waals surface area contributed by atoms with Crippen LogP contribution in [0.15, 0.2) is 0 Å². The maximum absolute atomic E-state index is 4.56. The zero-order valence-electron chi connectivity index (χ0n) is 10.0. The summed E-state index contributed by atoms with van der Waals surface area (Å²) in [5.41, 5.74) is 0.585. The molecule has 0 aliphatic heterocycles. The summed E-state index contributed by atoms with van der Waals surface area (Å²) in [7, 11) is 0. The molecule has 0 radical (unpaired) electrons. The number of thiol groups is 1. The molecule has 88 valence electrons. The lowest BCUT2D eigenvalue weighted by Crippen LogP contribution is -2.46. The van der Waals surface area contributed by atoms with E-state index in [0.29, 0.717) is 5.41 Å². The molecule has 0 bridgehead atoms. The van der Waals surface area contributed by atoms with Crippen molar-refractivity contribution in [3.05, 3.63) is 0 Å². The van der Waals surface area contributed by atoms with Crippen molar-refractivity contribution in [2.45, 2.75) is 57.9 Å². The Bertz CT molecular complexity index is 189. The number of hydrogen-bond donors (Lipinski definition) is 1. The van der Waals surface area contributed by atoms with Crippen molar-refractivity contribution >= 4 is 12.6 Å². The molecule has 2 aliphatic rings. The van der Waals surface area contributed by atoms with E-state index in [9.17, 15) is 0 Å². The molecule has 0 heterocycles. The van der Waals surface area contributed by atoms with Gasteiger partial charge in [0, 0.05) is 12.6 Å². The summed E-state index contributed by atoms with van der Waals surface area (Å²) in [6.45, 7) is 4.88.